The molecule has 101 heavy (non-hydrogen) atoms. The summed E-state index contributed by atoms with van der Waals surface area (Å²) in [6, 6.07) is 11.4. The number of rotatable bonds is 15. The van der Waals surface area contributed by atoms with Crippen LogP contribution in [-0.2, 0) is 89.9 Å². The first-order valence-corrected chi connectivity index (χ1v) is 35.2. The van der Waals surface area contributed by atoms with Crippen LogP contribution in [0.15, 0.2) is 110 Å². The maximum atomic E-state index is 15.2. The average Bonchev–Trinajstić information content (AvgIpc) is 1.70. The fraction of sp³-hybridized carbons (Fsp3) is 0.391. The molecule has 536 valence electrons. The molecular formula is C69H83N15O15S2. The van der Waals surface area contributed by atoms with Gasteiger partial charge in [-0.05, 0) is 122 Å². The number of phenolic OH excluding ortho intramolecular Hbond substituents is 3. The van der Waals surface area contributed by atoms with Crippen molar-refractivity contribution in [2.75, 3.05) is 31.1 Å². The van der Waals surface area contributed by atoms with Gasteiger partial charge in [-0.15, -0.1) is 0 Å². The van der Waals surface area contributed by atoms with E-state index < -0.39 is 132 Å². The quantitative estimate of drug-likeness (QED) is 0.0643. The Labute approximate surface area is 588 Å². The van der Waals surface area contributed by atoms with Crippen molar-refractivity contribution in [3.63, 3.8) is 0 Å². The third-order valence-electron chi connectivity index (χ3n) is 17.6. The standard InChI is InChI=1S/C69H83N15O15S2/c1-69-18-5-20-84(69)67(98)56(23-38-9-11-44(85)12-10-38)82-65(96)54(26-43-32-72-37-76-43)80-66(97)55(29-60(90)91)81-64(95)53(25-42-31-74-50-16-14-46(87)28-48(42)50)79-63(94)52(24-41-30-73-49-15-13-45(86)27-47(41)49)78-59(89)33-75-62(93)51(8-2-3-19-70)77-58(88)17-21-100-34-39-6-4-7-40(22-39)35-101-36-57(61(71)92)83-68(69)99/h4,6-7,9-16,22,27-28,30-32,37,51-57,73-74,85-87H,2-3,5,8,17-21,23-26,29,33-36,70H2,1H3,(H2,71,92)(H,72,76)(H,75,93)(H,77,88)(H,78,89)(H,79,94)(H,80,97)(H,81,95)(H,82,96)(H,83,99)(H,90,91)/t51-,52+,53-,54-,55-,56-,57-,69-/m0/s1. The minimum absolute atomic E-state index is 0.0221. The van der Waals surface area contributed by atoms with E-state index in [1.165, 1.54) is 103 Å². The molecule has 32 heteroatoms. The lowest BCUT2D eigenvalue weighted by molar-refractivity contribution is -0.147. The van der Waals surface area contributed by atoms with Crippen molar-refractivity contribution in [2.45, 2.75) is 137 Å². The molecule has 2 aliphatic heterocycles. The van der Waals surface area contributed by atoms with Crippen LogP contribution in [0.1, 0.15) is 85.4 Å². The van der Waals surface area contributed by atoms with Crippen molar-refractivity contribution < 1.29 is 73.2 Å². The van der Waals surface area contributed by atoms with Crippen molar-refractivity contribution >= 4 is 110 Å². The Morgan fingerprint density at radius 3 is 1.80 bits per heavy atom. The molecule has 0 unspecified atom stereocenters. The zero-order valence-electron chi connectivity index (χ0n) is 55.3. The van der Waals surface area contributed by atoms with Gasteiger partial charge in [0.15, 0.2) is 0 Å². The second-order valence-corrected chi connectivity index (χ2v) is 27.3. The Balaban J connectivity index is 1.06. The van der Waals surface area contributed by atoms with Gasteiger partial charge >= 0.3 is 5.97 Å². The van der Waals surface area contributed by atoms with Gasteiger partial charge in [0.05, 0.1) is 19.3 Å². The number of fused-ring (bicyclic) bond motifs is 5. The number of aliphatic carboxylic acids is 1. The summed E-state index contributed by atoms with van der Waals surface area (Å²) in [6.45, 7) is 1.15. The predicted molar refractivity (Wildman–Crippen MR) is 375 cm³/mol. The van der Waals surface area contributed by atoms with Crippen LogP contribution in [0.2, 0.25) is 0 Å². The molecule has 4 aromatic carbocycles. The normalized spacial score (nSPS) is 22.7. The lowest BCUT2D eigenvalue weighted by Crippen LogP contribution is -2.63. The summed E-state index contributed by atoms with van der Waals surface area (Å²) in [5.41, 5.74) is 14.4. The maximum Gasteiger partial charge on any atom is 0.305 e. The van der Waals surface area contributed by atoms with Crippen molar-refractivity contribution in [1.29, 1.82) is 0 Å². The van der Waals surface area contributed by atoms with Gasteiger partial charge in [0.1, 0.15) is 65.1 Å². The minimum atomic E-state index is -2.02. The summed E-state index contributed by atoms with van der Waals surface area (Å²) >= 11 is 2.80. The number of nitrogens with two attached hydrogens (primary N) is 2. The fourth-order valence-electron chi connectivity index (χ4n) is 12.2. The van der Waals surface area contributed by atoms with E-state index in [9.17, 15) is 54.0 Å². The second-order valence-electron chi connectivity index (χ2n) is 25.2. The zero-order chi connectivity index (χ0) is 72.3. The summed E-state index contributed by atoms with van der Waals surface area (Å²) in [5.74, 6) is -9.36. The molecule has 8 atom stereocenters. The van der Waals surface area contributed by atoms with E-state index in [0.29, 0.717) is 81.6 Å². The number of benzene rings is 4. The Morgan fingerprint density at radius 1 is 0.624 bits per heavy atom. The highest BCUT2D eigenvalue weighted by Crippen LogP contribution is 2.32. The molecule has 1 fully saturated rings. The lowest BCUT2D eigenvalue weighted by Gasteiger charge is -2.37. The highest BCUT2D eigenvalue weighted by Gasteiger charge is 2.49. The third kappa shape index (κ3) is 20.5. The fourth-order valence-corrected chi connectivity index (χ4v) is 14.1. The van der Waals surface area contributed by atoms with E-state index in [4.69, 9.17) is 11.5 Å². The molecule has 5 heterocycles. The molecule has 0 spiro atoms. The number of primary amides is 1. The molecule has 0 saturated carbocycles. The van der Waals surface area contributed by atoms with E-state index in [1.807, 2.05) is 24.3 Å². The van der Waals surface area contributed by atoms with Gasteiger partial charge in [-0.1, -0.05) is 36.4 Å². The number of carbonyl (C=O) groups is 11. The Morgan fingerprint density at radius 2 is 1.20 bits per heavy atom. The van der Waals surface area contributed by atoms with Crippen molar-refractivity contribution in [1.82, 2.24) is 67.4 Å². The molecule has 0 radical (unpaired) electrons. The summed E-state index contributed by atoms with van der Waals surface area (Å²) in [4.78, 5) is 172. The molecule has 9 rings (SSSR count). The predicted octanol–water partition coefficient (Wildman–Crippen LogP) is 1.31. The zero-order valence-corrected chi connectivity index (χ0v) is 56.9. The van der Waals surface area contributed by atoms with Crippen molar-refractivity contribution in [2.24, 2.45) is 11.5 Å². The molecule has 2 bridgehead atoms. The molecule has 0 aliphatic carbocycles. The number of hydrogen-bond donors (Lipinski definition) is 17. The maximum absolute atomic E-state index is 15.2. The van der Waals surface area contributed by atoms with Gasteiger partial charge in [0.25, 0.3) is 0 Å². The number of nitrogens with zero attached hydrogens (tertiary/aromatic N) is 2. The largest absolute Gasteiger partial charge is 0.508 e. The number of carboxylic acid groups (broad SMARTS) is 1. The molecule has 19 N–H and O–H groups in total. The number of amides is 10. The van der Waals surface area contributed by atoms with E-state index in [-0.39, 0.29) is 73.8 Å². The van der Waals surface area contributed by atoms with Gasteiger partial charge in [0, 0.05) is 108 Å². The third-order valence-corrected chi connectivity index (χ3v) is 19.7. The summed E-state index contributed by atoms with van der Waals surface area (Å²) < 4.78 is 0. The summed E-state index contributed by atoms with van der Waals surface area (Å²) in [7, 11) is 0. The van der Waals surface area contributed by atoms with Crippen LogP contribution in [0, 0.1) is 0 Å². The highest BCUT2D eigenvalue weighted by molar-refractivity contribution is 7.98. The van der Waals surface area contributed by atoms with Crippen LogP contribution >= 0.6 is 23.5 Å². The number of thioether (sulfide) groups is 2. The second kappa shape index (κ2) is 34.9. The van der Waals surface area contributed by atoms with Crippen LogP contribution < -0.4 is 54.0 Å². The van der Waals surface area contributed by atoms with Crippen molar-refractivity contribution in [3.05, 3.63) is 143 Å². The van der Waals surface area contributed by atoms with E-state index in [0.717, 1.165) is 11.1 Å². The van der Waals surface area contributed by atoms with Gasteiger partial charge in [-0.3, -0.25) is 52.7 Å². The Hall–Kier alpha value is -10.6. The van der Waals surface area contributed by atoms with Gasteiger partial charge < -0.3 is 94.3 Å². The number of hydrogen-bond acceptors (Lipinski definition) is 18. The SMILES string of the molecule is C[C@@]12CCCN1C(=O)[C@H](Cc1ccc(O)cc1)NC(=O)[C@H](Cc1cnc[nH]1)NC(=O)[C@H](CC(=O)O)NC(=O)[C@H](Cc1c[nH]c3ccc(O)cc13)NC(=O)[C@@H](Cc1c[nH]c3ccc(O)cc13)NC(=O)CNC(=O)[C@H](CCCCN)NC(=O)CCSCc1cccc(c1)CSC[C@@H](C(N)=O)NC2=O. The van der Waals surface area contributed by atoms with E-state index in [2.05, 4.69) is 62.5 Å². The summed E-state index contributed by atoms with van der Waals surface area (Å²) in [5, 5.41) is 63.8. The minimum Gasteiger partial charge on any atom is -0.508 e. The average molecular weight is 1430 g/mol. The first kappa shape index (κ1) is 74.6. The van der Waals surface area contributed by atoms with Crippen LogP contribution in [0.5, 0.6) is 17.2 Å². The molecular weight excluding hydrogens is 1340 g/mol. The topological polar surface area (TPSA) is 480 Å². The number of H-pyrrole nitrogens is 3. The van der Waals surface area contributed by atoms with E-state index in [1.54, 1.807) is 18.3 Å². The Kier molecular flexibility index (Phi) is 25.8. The first-order chi connectivity index (χ1) is 48.4. The number of carbonyl (C=O) groups excluding carboxylic acids is 10. The number of aromatic hydroxyl groups is 3. The molecule has 30 nitrogen and oxygen atoms in total. The lowest BCUT2D eigenvalue weighted by atomic mass is 9.95. The van der Waals surface area contributed by atoms with Crippen LogP contribution in [-0.4, -0.2) is 189 Å². The van der Waals surface area contributed by atoms with E-state index >= 15 is 19.2 Å². The van der Waals surface area contributed by atoms with Crippen LogP contribution in [0.25, 0.3) is 21.8 Å². The number of carboxylic acids is 1. The number of nitrogens with one attached hydrogen (secondary N) is 11. The summed E-state index contributed by atoms with van der Waals surface area (Å²) in [6.07, 6.45) is 4.87. The smallest absolute Gasteiger partial charge is 0.305 e. The highest BCUT2D eigenvalue weighted by atomic mass is 32.2. The molecule has 10 amide bonds. The van der Waals surface area contributed by atoms with Crippen LogP contribution in [0.3, 0.4) is 0 Å². The number of unbranched alkanes of at least 4 members (excludes halogenated alkanes) is 1. The van der Waals surface area contributed by atoms with Gasteiger partial charge in [-0.25, -0.2) is 4.98 Å². The number of phenols is 3. The molecule has 7 aromatic rings. The molecule has 1 saturated heterocycles. The van der Waals surface area contributed by atoms with Gasteiger partial charge in [0.2, 0.25) is 59.1 Å². The molecule has 2 aliphatic rings. The van der Waals surface area contributed by atoms with Crippen molar-refractivity contribution in [3.8, 4) is 17.2 Å². The Bertz CT molecular complexity index is 4150. The number of imidazole rings is 1. The molecule has 3 aromatic heterocycles. The van der Waals surface area contributed by atoms with Gasteiger partial charge in [-0.2, -0.15) is 23.5 Å². The number of aromatic nitrogens is 4. The monoisotopic (exact) mass is 1430 g/mol. The first-order valence-electron chi connectivity index (χ1n) is 32.9. The number of aromatic amines is 3. The van der Waals surface area contributed by atoms with Crippen LogP contribution in [0.4, 0.5) is 0 Å².